The summed E-state index contributed by atoms with van der Waals surface area (Å²) >= 11 is 0. The normalized spacial score (nSPS) is 15.3. The van der Waals surface area contributed by atoms with Gasteiger partial charge in [-0.05, 0) is 56.1 Å². The molecular formula is C27H41O5PSi. The first-order chi connectivity index (χ1) is 15.8. The van der Waals surface area contributed by atoms with Crippen molar-refractivity contribution >= 4 is 26.3 Å². The first-order valence-electron chi connectivity index (χ1n) is 11.9. The lowest BCUT2D eigenvalue weighted by molar-refractivity contribution is 0.0711. The van der Waals surface area contributed by atoms with Crippen LogP contribution in [-0.4, -0.2) is 37.8 Å². The molecule has 0 aromatic heterocycles. The van der Waals surface area contributed by atoms with Crippen LogP contribution in [-0.2, 0) is 18.0 Å². The van der Waals surface area contributed by atoms with Gasteiger partial charge in [0.25, 0.3) is 8.32 Å². The van der Waals surface area contributed by atoms with Gasteiger partial charge in [0.05, 0.1) is 24.4 Å². The van der Waals surface area contributed by atoms with E-state index in [-0.39, 0.29) is 17.2 Å². The van der Waals surface area contributed by atoms with E-state index >= 15 is 0 Å². The van der Waals surface area contributed by atoms with Crippen molar-refractivity contribution in [3.8, 4) is 0 Å². The zero-order valence-electron chi connectivity index (χ0n) is 21.8. The van der Waals surface area contributed by atoms with Crippen LogP contribution in [0.2, 0.25) is 5.04 Å². The van der Waals surface area contributed by atoms with E-state index in [1.165, 1.54) is 5.82 Å². The Morgan fingerprint density at radius 2 is 1.24 bits per heavy atom. The van der Waals surface area contributed by atoms with Crippen molar-refractivity contribution in [2.75, 3.05) is 0 Å². The summed E-state index contributed by atoms with van der Waals surface area (Å²) in [5.41, 5.74) is 0. The van der Waals surface area contributed by atoms with Gasteiger partial charge in [0, 0.05) is 5.82 Å². The molecule has 34 heavy (non-hydrogen) atoms. The third kappa shape index (κ3) is 7.24. The molecule has 1 N–H and O–H groups in total. The van der Waals surface area contributed by atoms with Crippen molar-refractivity contribution in [2.24, 2.45) is 0 Å². The summed E-state index contributed by atoms with van der Waals surface area (Å²) in [7, 11) is -6.45. The highest BCUT2D eigenvalue weighted by atomic mass is 31.2. The van der Waals surface area contributed by atoms with Crippen LogP contribution in [0.15, 0.2) is 72.6 Å². The summed E-state index contributed by atoms with van der Waals surface area (Å²) in [6.45, 7) is 15.5. The Morgan fingerprint density at radius 3 is 1.56 bits per heavy atom. The minimum atomic E-state index is -3.53. The first-order valence-corrected chi connectivity index (χ1v) is 15.5. The van der Waals surface area contributed by atoms with E-state index in [4.69, 9.17) is 13.5 Å². The average molecular weight is 505 g/mol. The Kier molecular flexibility index (Phi) is 10.1. The standard InChI is InChI=1S/C27H41O5PSi/c1-21(2)30-33(29,31-22(3)4)20-19-26(23(5)28)32-34(27(6,7)8,24-15-11-9-12-16-24)25-17-13-10-14-18-25/h9-23,26,28H,1-8H3/b20-19+. The quantitative estimate of drug-likeness (QED) is 0.306. The second-order valence-corrected chi connectivity index (χ2v) is 16.2. The van der Waals surface area contributed by atoms with Gasteiger partial charge in [-0.25, -0.2) is 0 Å². The van der Waals surface area contributed by atoms with Gasteiger partial charge >= 0.3 is 7.60 Å². The molecule has 0 fully saturated rings. The summed E-state index contributed by atoms with van der Waals surface area (Å²) in [6, 6.07) is 20.4. The van der Waals surface area contributed by atoms with Gasteiger partial charge in [0.2, 0.25) is 0 Å². The molecule has 0 spiro atoms. The monoisotopic (exact) mass is 504 g/mol. The molecule has 2 aromatic carbocycles. The number of benzene rings is 2. The molecule has 2 aromatic rings. The van der Waals surface area contributed by atoms with E-state index in [2.05, 4.69) is 45.0 Å². The highest BCUT2D eigenvalue weighted by molar-refractivity contribution is 7.57. The van der Waals surface area contributed by atoms with E-state index in [1.807, 2.05) is 64.1 Å². The van der Waals surface area contributed by atoms with Crippen LogP contribution in [0, 0.1) is 0 Å². The molecule has 2 unspecified atom stereocenters. The maximum Gasteiger partial charge on any atom is 0.354 e. The van der Waals surface area contributed by atoms with Gasteiger partial charge < -0.3 is 18.6 Å². The predicted octanol–water partition coefficient (Wildman–Crippen LogP) is 5.87. The summed E-state index contributed by atoms with van der Waals surface area (Å²) in [5, 5.41) is 12.7. The smallest absolute Gasteiger partial charge is 0.354 e. The van der Waals surface area contributed by atoms with Crippen molar-refractivity contribution < 1.29 is 23.1 Å². The lowest BCUT2D eigenvalue weighted by Crippen LogP contribution is -2.68. The second kappa shape index (κ2) is 11.9. The molecule has 188 valence electrons. The molecule has 0 bridgehead atoms. The van der Waals surface area contributed by atoms with E-state index < -0.39 is 28.1 Å². The number of aliphatic hydroxyl groups is 1. The Hall–Kier alpha value is -1.53. The molecule has 0 amide bonds. The predicted molar refractivity (Wildman–Crippen MR) is 143 cm³/mol. The maximum absolute atomic E-state index is 13.4. The van der Waals surface area contributed by atoms with E-state index in [9.17, 15) is 9.67 Å². The van der Waals surface area contributed by atoms with Gasteiger partial charge in [-0.15, -0.1) is 0 Å². The fraction of sp³-hybridized carbons (Fsp3) is 0.481. The van der Waals surface area contributed by atoms with Gasteiger partial charge in [-0.2, -0.15) is 0 Å². The topological polar surface area (TPSA) is 65.0 Å². The van der Waals surface area contributed by atoms with E-state index in [0.717, 1.165) is 10.4 Å². The van der Waals surface area contributed by atoms with Crippen molar-refractivity contribution in [1.29, 1.82) is 0 Å². The SMILES string of the molecule is CC(C)OP(=O)(/C=C/C(O[Si](c1ccccc1)(c1ccccc1)C(C)(C)C)C(C)O)OC(C)C. The third-order valence-electron chi connectivity index (χ3n) is 5.38. The molecule has 0 aliphatic rings. The molecule has 0 aliphatic carbocycles. The summed E-state index contributed by atoms with van der Waals surface area (Å²) in [4.78, 5) is 0. The molecule has 0 saturated heterocycles. The molecule has 5 nitrogen and oxygen atoms in total. The third-order valence-corrected chi connectivity index (χ3v) is 12.4. The van der Waals surface area contributed by atoms with Crippen molar-refractivity contribution in [1.82, 2.24) is 0 Å². The Labute approximate surface area is 206 Å². The molecule has 0 saturated carbocycles. The molecule has 2 atom stereocenters. The second-order valence-electron chi connectivity index (χ2n) is 10.2. The zero-order valence-corrected chi connectivity index (χ0v) is 23.7. The Bertz CT molecular complexity index is 898. The fourth-order valence-corrected chi connectivity index (χ4v) is 10.5. The van der Waals surface area contributed by atoms with Crippen LogP contribution in [0.25, 0.3) is 0 Å². The summed E-state index contributed by atoms with van der Waals surface area (Å²) in [6.07, 6.45) is -0.473. The lowest BCUT2D eigenvalue weighted by atomic mass is 10.2. The van der Waals surface area contributed by atoms with E-state index in [1.54, 1.807) is 13.0 Å². The maximum atomic E-state index is 13.4. The van der Waals surface area contributed by atoms with Crippen LogP contribution in [0.4, 0.5) is 0 Å². The summed E-state index contributed by atoms with van der Waals surface area (Å²) in [5.74, 6) is 1.45. The number of aliphatic hydroxyl groups excluding tert-OH is 1. The Balaban J connectivity index is 2.63. The Morgan fingerprint density at radius 1 is 0.824 bits per heavy atom. The molecule has 2 rings (SSSR count). The van der Waals surface area contributed by atoms with Crippen molar-refractivity contribution in [3.05, 3.63) is 72.6 Å². The number of hydrogen-bond donors (Lipinski definition) is 1. The zero-order chi connectivity index (χ0) is 25.6. The molecule has 0 heterocycles. The minimum Gasteiger partial charge on any atom is -0.398 e. The molecule has 7 heteroatoms. The number of rotatable bonds is 11. The first kappa shape index (κ1) is 28.7. The molecule has 0 aliphatic heterocycles. The van der Waals surface area contributed by atoms with Crippen LogP contribution in [0.1, 0.15) is 55.4 Å². The minimum absolute atomic E-state index is 0.261. The van der Waals surface area contributed by atoms with Crippen LogP contribution < -0.4 is 10.4 Å². The number of hydrogen-bond acceptors (Lipinski definition) is 5. The van der Waals surface area contributed by atoms with E-state index in [0.29, 0.717) is 0 Å². The fourth-order valence-electron chi connectivity index (χ4n) is 4.07. The van der Waals surface area contributed by atoms with Crippen LogP contribution in [0.3, 0.4) is 0 Å². The van der Waals surface area contributed by atoms with Crippen molar-refractivity contribution in [2.45, 2.75) is 84.8 Å². The average Bonchev–Trinajstić information content (AvgIpc) is 2.73. The lowest BCUT2D eigenvalue weighted by Gasteiger charge is -2.45. The molecular weight excluding hydrogens is 463 g/mol. The van der Waals surface area contributed by atoms with Gasteiger partial charge in [-0.3, -0.25) is 4.57 Å². The largest absolute Gasteiger partial charge is 0.398 e. The summed E-state index contributed by atoms with van der Waals surface area (Å²) < 4.78 is 31.8. The van der Waals surface area contributed by atoms with Crippen LogP contribution >= 0.6 is 7.60 Å². The van der Waals surface area contributed by atoms with Gasteiger partial charge in [-0.1, -0.05) is 81.4 Å². The van der Waals surface area contributed by atoms with Crippen LogP contribution in [0.5, 0.6) is 0 Å². The highest BCUT2D eigenvalue weighted by Crippen LogP contribution is 2.52. The van der Waals surface area contributed by atoms with Gasteiger partial charge in [0.15, 0.2) is 0 Å². The molecule has 0 radical (unpaired) electrons. The van der Waals surface area contributed by atoms with Crippen molar-refractivity contribution in [3.63, 3.8) is 0 Å². The highest BCUT2D eigenvalue weighted by Gasteiger charge is 2.51. The van der Waals surface area contributed by atoms with Gasteiger partial charge in [0.1, 0.15) is 0 Å².